The fourth-order valence-electron chi connectivity index (χ4n) is 4.96. The zero-order chi connectivity index (χ0) is 28.1. The van der Waals surface area contributed by atoms with E-state index in [-0.39, 0.29) is 13.2 Å². The standard InChI is InChI=1S/C23H42O15/c1-4-33-21-9(2)14(26)10(11(5-24)35-21)7-34-22-19(31)17(29)20(12(6-25)36-22)38-23-18(30)16(28)15(27)13(37-23)8-32-3/h9-31H,4-8H2,1-3H3/t9?,10-,11?,12?,13?,14?,15?,16?,17?,18?,19?,20?,21+,22-,23-/m1/s1. The van der Waals surface area contributed by atoms with E-state index in [2.05, 4.69) is 0 Å². The highest BCUT2D eigenvalue weighted by atomic mass is 16.7. The van der Waals surface area contributed by atoms with E-state index >= 15 is 0 Å². The maximum atomic E-state index is 10.8. The molecule has 0 aromatic carbocycles. The summed E-state index contributed by atoms with van der Waals surface area (Å²) in [5.74, 6) is -1.17. The van der Waals surface area contributed by atoms with Gasteiger partial charge in [0.05, 0.1) is 38.6 Å². The van der Waals surface area contributed by atoms with E-state index in [1.807, 2.05) is 0 Å². The van der Waals surface area contributed by atoms with Crippen LogP contribution >= 0.6 is 0 Å². The number of hydrogen-bond donors (Lipinski definition) is 8. The van der Waals surface area contributed by atoms with Crippen LogP contribution in [0.4, 0.5) is 0 Å². The average Bonchev–Trinajstić information content (AvgIpc) is 2.91. The molecule has 224 valence electrons. The van der Waals surface area contributed by atoms with Crippen molar-refractivity contribution in [3.8, 4) is 0 Å². The van der Waals surface area contributed by atoms with Crippen molar-refractivity contribution in [2.24, 2.45) is 11.8 Å². The summed E-state index contributed by atoms with van der Waals surface area (Å²) in [6.07, 6.45) is -17.6. The van der Waals surface area contributed by atoms with Gasteiger partial charge in [-0.05, 0) is 6.92 Å². The second-order valence-corrected chi connectivity index (χ2v) is 9.81. The highest BCUT2D eigenvalue weighted by molar-refractivity contribution is 4.94. The van der Waals surface area contributed by atoms with Crippen LogP contribution in [-0.2, 0) is 33.2 Å². The highest BCUT2D eigenvalue weighted by Crippen LogP contribution is 2.33. The smallest absolute Gasteiger partial charge is 0.187 e. The Hall–Kier alpha value is -0.600. The minimum absolute atomic E-state index is 0.133. The van der Waals surface area contributed by atoms with Crippen molar-refractivity contribution in [3.63, 3.8) is 0 Å². The lowest BCUT2D eigenvalue weighted by Crippen LogP contribution is -2.65. The topological polar surface area (TPSA) is 226 Å². The summed E-state index contributed by atoms with van der Waals surface area (Å²) in [5.41, 5.74) is 0. The van der Waals surface area contributed by atoms with Gasteiger partial charge in [0.15, 0.2) is 18.9 Å². The minimum atomic E-state index is -1.72. The molecule has 3 heterocycles. The van der Waals surface area contributed by atoms with E-state index < -0.39 is 105 Å². The lowest BCUT2D eigenvalue weighted by Gasteiger charge is -2.47. The maximum absolute atomic E-state index is 10.8. The molecular weight excluding hydrogens is 516 g/mol. The Morgan fingerprint density at radius 2 is 1.24 bits per heavy atom. The molecule has 0 aromatic rings. The van der Waals surface area contributed by atoms with Crippen LogP contribution in [0.2, 0.25) is 0 Å². The number of methoxy groups -OCH3 is 1. The summed E-state index contributed by atoms with van der Waals surface area (Å²) < 4.78 is 38.5. The van der Waals surface area contributed by atoms with Crippen LogP contribution in [0.15, 0.2) is 0 Å². The molecule has 3 aliphatic heterocycles. The summed E-state index contributed by atoms with van der Waals surface area (Å²) in [6, 6.07) is 0. The molecule has 3 rings (SSSR count). The van der Waals surface area contributed by atoms with E-state index in [1.54, 1.807) is 13.8 Å². The third kappa shape index (κ3) is 6.82. The van der Waals surface area contributed by atoms with Gasteiger partial charge in [-0.2, -0.15) is 0 Å². The van der Waals surface area contributed by atoms with Crippen molar-refractivity contribution < 1.29 is 74.0 Å². The zero-order valence-corrected chi connectivity index (χ0v) is 21.6. The van der Waals surface area contributed by atoms with Gasteiger partial charge in [-0.1, -0.05) is 6.92 Å². The first-order chi connectivity index (χ1) is 18.1. The van der Waals surface area contributed by atoms with Crippen molar-refractivity contribution in [1.82, 2.24) is 0 Å². The molecule has 11 unspecified atom stereocenters. The first-order valence-corrected chi connectivity index (χ1v) is 12.7. The van der Waals surface area contributed by atoms with Gasteiger partial charge in [0.2, 0.25) is 0 Å². The largest absolute Gasteiger partial charge is 0.394 e. The van der Waals surface area contributed by atoms with Gasteiger partial charge >= 0.3 is 0 Å². The Morgan fingerprint density at radius 3 is 1.84 bits per heavy atom. The van der Waals surface area contributed by atoms with Crippen molar-refractivity contribution >= 4 is 0 Å². The van der Waals surface area contributed by atoms with E-state index in [0.29, 0.717) is 6.61 Å². The molecular formula is C23H42O15. The normalized spacial score (nSPS) is 48.2. The highest BCUT2D eigenvalue weighted by Gasteiger charge is 2.51. The van der Waals surface area contributed by atoms with E-state index in [1.165, 1.54) is 7.11 Å². The van der Waals surface area contributed by atoms with Gasteiger partial charge in [-0.3, -0.25) is 0 Å². The summed E-state index contributed by atoms with van der Waals surface area (Å²) in [7, 11) is 1.35. The molecule has 3 aliphatic rings. The number of hydrogen-bond acceptors (Lipinski definition) is 15. The SMILES string of the molecule is CCO[C@H]1OC(CO)[C@@H](CO[C@@H]2OC(CO)C(O[C@H]3OC(COC)C(O)C(O)C3O)C(O)C2O)C(O)C1C. The number of aliphatic hydroxyl groups excluding tert-OH is 8. The average molecular weight is 559 g/mol. The van der Waals surface area contributed by atoms with Gasteiger partial charge < -0.3 is 74.0 Å². The quantitative estimate of drug-likeness (QED) is 0.120. The zero-order valence-electron chi connectivity index (χ0n) is 21.6. The molecule has 3 saturated heterocycles. The molecule has 8 N–H and O–H groups in total. The second-order valence-electron chi connectivity index (χ2n) is 9.81. The summed E-state index contributed by atoms with van der Waals surface area (Å²) in [6.45, 7) is 2.36. The van der Waals surface area contributed by atoms with Crippen LogP contribution in [-0.4, -0.2) is 161 Å². The van der Waals surface area contributed by atoms with Crippen LogP contribution in [0.1, 0.15) is 13.8 Å². The van der Waals surface area contributed by atoms with Gasteiger partial charge in [-0.15, -0.1) is 0 Å². The molecule has 0 spiro atoms. The lowest BCUT2D eigenvalue weighted by molar-refractivity contribution is -0.362. The molecule has 0 aromatic heterocycles. The molecule has 0 aliphatic carbocycles. The fourth-order valence-corrected chi connectivity index (χ4v) is 4.96. The predicted octanol–water partition coefficient (Wildman–Crippen LogP) is -4.35. The third-order valence-electron chi connectivity index (χ3n) is 7.27. The summed E-state index contributed by atoms with van der Waals surface area (Å²) in [5, 5.41) is 82.5. The number of rotatable bonds is 11. The maximum Gasteiger partial charge on any atom is 0.187 e. The van der Waals surface area contributed by atoms with Gasteiger partial charge in [0.25, 0.3) is 0 Å². The van der Waals surface area contributed by atoms with Crippen molar-refractivity contribution in [1.29, 1.82) is 0 Å². The van der Waals surface area contributed by atoms with Crippen LogP contribution < -0.4 is 0 Å². The van der Waals surface area contributed by atoms with Gasteiger partial charge in [0, 0.05) is 25.6 Å². The summed E-state index contributed by atoms with van der Waals surface area (Å²) in [4.78, 5) is 0. The van der Waals surface area contributed by atoms with Crippen molar-refractivity contribution in [2.75, 3.05) is 40.1 Å². The number of ether oxygens (including phenoxy) is 7. The van der Waals surface area contributed by atoms with E-state index in [0.717, 1.165) is 0 Å². The Morgan fingerprint density at radius 1 is 0.632 bits per heavy atom. The van der Waals surface area contributed by atoms with Crippen molar-refractivity contribution in [2.45, 2.75) is 93.8 Å². The van der Waals surface area contributed by atoms with Crippen LogP contribution in [0.5, 0.6) is 0 Å². The Kier molecular flexibility index (Phi) is 12.0. The first-order valence-electron chi connectivity index (χ1n) is 12.7. The molecule has 15 heteroatoms. The van der Waals surface area contributed by atoms with Crippen molar-refractivity contribution in [3.05, 3.63) is 0 Å². The molecule has 15 nitrogen and oxygen atoms in total. The summed E-state index contributed by atoms with van der Waals surface area (Å²) >= 11 is 0. The minimum Gasteiger partial charge on any atom is -0.394 e. The Bertz CT molecular complexity index is 698. The third-order valence-corrected chi connectivity index (χ3v) is 7.27. The van der Waals surface area contributed by atoms with Crippen LogP contribution in [0.25, 0.3) is 0 Å². The molecule has 0 radical (unpaired) electrons. The molecule has 0 bridgehead atoms. The lowest BCUT2D eigenvalue weighted by atomic mass is 9.85. The molecule has 38 heavy (non-hydrogen) atoms. The molecule has 0 amide bonds. The Balaban J connectivity index is 1.65. The van der Waals surface area contributed by atoms with Gasteiger partial charge in [0.1, 0.15) is 48.8 Å². The number of aliphatic hydroxyl groups is 8. The van der Waals surface area contributed by atoms with Crippen LogP contribution in [0, 0.1) is 11.8 Å². The Labute approximate surface area is 220 Å². The van der Waals surface area contributed by atoms with E-state index in [9.17, 15) is 40.9 Å². The van der Waals surface area contributed by atoms with E-state index in [4.69, 9.17) is 33.2 Å². The molecule has 3 fully saturated rings. The monoisotopic (exact) mass is 558 g/mol. The first kappa shape index (κ1) is 31.9. The van der Waals surface area contributed by atoms with Gasteiger partial charge in [-0.25, -0.2) is 0 Å². The predicted molar refractivity (Wildman–Crippen MR) is 123 cm³/mol. The van der Waals surface area contributed by atoms with Crippen LogP contribution in [0.3, 0.4) is 0 Å². The fraction of sp³-hybridized carbons (Fsp3) is 1.00. The molecule has 15 atom stereocenters. The second kappa shape index (κ2) is 14.3. The molecule has 0 saturated carbocycles.